The molecule has 1 aromatic carbocycles. The second-order valence-electron chi connectivity index (χ2n) is 3.12. The van der Waals surface area contributed by atoms with Crippen LogP contribution in [0.2, 0.25) is 0 Å². The quantitative estimate of drug-likeness (QED) is 0.706. The van der Waals surface area contributed by atoms with Crippen LogP contribution in [0.4, 0.5) is 4.79 Å². The topological polar surface area (TPSA) is 29.5 Å². The lowest BCUT2D eigenvalue weighted by molar-refractivity contribution is 0.125. The van der Waals surface area contributed by atoms with Gasteiger partial charge in [-0.3, -0.25) is 0 Å². The highest BCUT2D eigenvalue weighted by Crippen LogP contribution is 2.05. The van der Waals surface area contributed by atoms with Gasteiger partial charge in [0.25, 0.3) is 0 Å². The first-order valence-electron chi connectivity index (χ1n) is 4.75. The van der Waals surface area contributed by atoms with Crippen molar-refractivity contribution in [3.05, 3.63) is 48.6 Å². The van der Waals surface area contributed by atoms with Crippen LogP contribution in [0.15, 0.2) is 43.0 Å². The van der Waals surface area contributed by atoms with Crippen LogP contribution in [-0.2, 0) is 11.3 Å². The van der Waals surface area contributed by atoms with Crippen molar-refractivity contribution in [3.8, 4) is 0 Å². The van der Waals surface area contributed by atoms with Gasteiger partial charge in [-0.15, -0.1) is 6.58 Å². The number of nitrogens with zero attached hydrogens (tertiary/aromatic N) is 1. The van der Waals surface area contributed by atoms with Crippen LogP contribution in [-0.4, -0.2) is 24.6 Å². The average molecular weight is 205 g/mol. The molecule has 0 heterocycles. The summed E-state index contributed by atoms with van der Waals surface area (Å²) in [6, 6.07) is 9.77. The van der Waals surface area contributed by atoms with Gasteiger partial charge in [-0.05, 0) is 5.56 Å². The monoisotopic (exact) mass is 205 g/mol. The first kappa shape index (κ1) is 11.3. The summed E-state index contributed by atoms with van der Waals surface area (Å²) in [5.41, 5.74) is 1.07. The van der Waals surface area contributed by atoms with E-state index in [-0.39, 0.29) is 6.09 Å². The minimum absolute atomic E-state index is 0.334. The Bertz CT molecular complexity index is 322. The van der Waals surface area contributed by atoms with Crippen molar-refractivity contribution in [1.82, 2.24) is 4.90 Å². The molecule has 0 bridgehead atoms. The second-order valence-corrected chi connectivity index (χ2v) is 3.12. The number of amides is 1. The lowest BCUT2D eigenvalue weighted by Gasteiger charge is -2.19. The van der Waals surface area contributed by atoms with Crippen molar-refractivity contribution < 1.29 is 9.53 Å². The highest BCUT2D eigenvalue weighted by atomic mass is 16.5. The molecule has 0 aliphatic carbocycles. The number of carbonyl (C=O) groups excluding carboxylic acids is 1. The van der Waals surface area contributed by atoms with Crippen LogP contribution in [0.3, 0.4) is 0 Å². The van der Waals surface area contributed by atoms with E-state index in [1.165, 1.54) is 7.11 Å². The van der Waals surface area contributed by atoms with Gasteiger partial charge in [-0.1, -0.05) is 36.4 Å². The first-order valence-corrected chi connectivity index (χ1v) is 4.75. The summed E-state index contributed by atoms with van der Waals surface area (Å²) in [7, 11) is 1.38. The molecule has 0 aromatic heterocycles. The molecule has 1 aromatic rings. The van der Waals surface area contributed by atoms with Gasteiger partial charge in [-0.25, -0.2) is 4.79 Å². The van der Waals surface area contributed by atoms with Crippen molar-refractivity contribution in [2.24, 2.45) is 0 Å². The zero-order valence-electron chi connectivity index (χ0n) is 8.85. The molecular weight excluding hydrogens is 190 g/mol. The van der Waals surface area contributed by atoms with Crippen LogP contribution in [0.5, 0.6) is 0 Å². The van der Waals surface area contributed by atoms with Gasteiger partial charge in [0.05, 0.1) is 7.11 Å². The molecule has 0 saturated carbocycles. The van der Waals surface area contributed by atoms with E-state index in [0.29, 0.717) is 13.1 Å². The minimum Gasteiger partial charge on any atom is -0.453 e. The van der Waals surface area contributed by atoms with Crippen LogP contribution in [0, 0.1) is 0 Å². The Morgan fingerprint density at radius 3 is 2.67 bits per heavy atom. The lowest BCUT2D eigenvalue weighted by atomic mass is 10.2. The van der Waals surface area contributed by atoms with E-state index in [4.69, 9.17) is 0 Å². The van der Waals surface area contributed by atoms with Gasteiger partial charge in [0.2, 0.25) is 0 Å². The van der Waals surface area contributed by atoms with Gasteiger partial charge >= 0.3 is 6.09 Å². The summed E-state index contributed by atoms with van der Waals surface area (Å²) in [5.74, 6) is 0. The highest BCUT2D eigenvalue weighted by Gasteiger charge is 2.11. The van der Waals surface area contributed by atoms with Crippen LogP contribution < -0.4 is 0 Å². The Hall–Kier alpha value is -1.77. The molecule has 0 aliphatic heterocycles. The summed E-state index contributed by atoms with van der Waals surface area (Å²) in [6.07, 6.45) is 1.35. The molecule has 80 valence electrons. The summed E-state index contributed by atoms with van der Waals surface area (Å²) in [6.45, 7) is 4.64. The molecule has 0 spiro atoms. The Balaban J connectivity index is 2.66. The Kier molecular flexibility index (Phi) is 4.41. The summed E-state index contributed by atoms with van der Waals surface area (Å²) >= 11 is 0. The highest BCUT2D eigenvalue weighted by molar-refractivity contribution is 5.67. The van der Waals surface area contributed by atoms with E-state index >= 15 is 0 Å². The molecule has 0 radical (unpaired) electrons. The standard InChI is InChI=1S/C12H15NO2/c1-3-9-13(12(14)15-2)10-11-7-5-4-6-8-11/h3-8H,1,9-10H2,2H3. The van der Waals surface area contributed by atoms with E-state index in [1.54, 1.807) is 11.0 Å². The van der Waals surface area contributed by atoms with Crippen LogP contribution >= 0.6 is 0 Å². The van der Waals surface area contributed by atoms with Gasteiger partial charge in [0.15, 0.2) is 0 Å². The maximum Gasteiger partial charge on any atom is 0.410 e. The van der Waals surface area contributed by atoms with Crippen molar-refractivity contribution in [1.29, 1.82) is 0 Å². The number of benzene rings is 1. The smallest absolute Gasteiger partial charge is 0.410 e. The maximum absolute atomic E-state index is 11.4. The fourth-order valence-electron chi connectivity index (χ4n) is 1.29. The number of methoxy groups -OCH3 is 1. The number of hydrogen-bond acceptors (Lipinski definition) is 2. The van der Waals surface area contributed by atoms with E-state index in [0.717, 1.165) is 5.56 Å². The lowest BCUT2D eigenvalue weighted by Crippen LogP contribution is -2.30. The van der Waals surface area contributed by atoms with E-state index in [1.807, 2.05) is 30.3 Å². The third kappa shape index (κ3) is 3.46. The SMILES string of the molecule is C=CCN(Cc1ccccc1)C(=O)OC. The molecule has 3 heteroatoms. The Morgan fingerprint density at radius 2 is 2.13 bits per heavy atom. The average Bonchev–Trinajstić information content (AvgIpc) is 2.29. The van der Waals surface area contributed by atoms with Crippen molar-refractivity contribution in [3.63, 3.8) is 0 Å². The van der Waals surface area contributed by atoms with E-state index in [2.05, 4.69) is 11.3 Å². The van der Waals surface area contributed by atoms with E-state index in [9.17, 15) is 4.79 Å². The van der Waals surface area contributed by atoms with Crippen LogP contribution in [0.1, 0.15) is 5.56 Å². The molecule has 3 nitrogen and oxygen atoms in total. The normalized spacial score (nSPS) is 9.40. The van der Waals surface area contributed by atoms with Gasteiger partial charge < -0.3 is 9.64 Å². The summed E-state index contributed by atoms with van der Waals surface area (Å²) < 4.78 is 4.68. The first-order chi connectivity index (χ1) is 7.27. The molecule has 0 N–H and O–H groups in total. The Morgan fingerprint density at radius 1 is 1.47 bits per heavy atom. The molecule has 15 heavy (non-hydrogen) atoms. The zero-order valence-corrected chi connectivity index (χ0v) is 8.85. The molecule has 1 rings (SSSR count). The van der Waals surface area contributed by atoms with Gasteiger partial charge in [-0.2, -0.15) is 0 Å². The van der Waals surface area contributed by atoms with Crippen molar-refractivity contribution in [2.75, 3.05) is 13.7 Å². The molecule has 0 saturated heterocycles. The van der Waals surface area contributed by atoms with E-state index < -0.39 is 0 Å². The maximum atomic E-state index is 11.4. The number of ether oxygens (including phenoxy) is 1. The third-order valence-electron chi connectivity index (χ3n) is 2.00. The molecule has 0 atom stereocenters. The summed E-state index contributed by atoms with van der Waals surface area (Å²) in [4.78, 5) is 12.9. The molecule has 1 amide bonds. The molecule has 0 aliphatic rings. The van der Waals surface area contributed by atoms with Crippen LogP contribution in [0.25, 0.3) is 0 Å². The molecular formula is C12H15NO2. The minimum atomic E-state index is -0.334. The van der Waals surface area contributed by atoms with Gasteiger partial charge in [0, 0.05) is 13.1 Å². The van der Waals surface area contributed by atoms with Crippen molar-refractivity contribution in [2.45, 2.75) is 6.54 Å². The number of carbonyl (C=O) groups is 1. The fourth-order valence-corrected chi connectivity index (χ4v) is 1.29. The molecule has 0 fully saturated rings. The summed E-state index contributed by atoms with van der Waals surface area (Å²) in [5, 5.41) is 0. The predicted molar refractivity (Wildman–Crippen MR) is 59.5 cm³/mol. The zero-order chi connectivity index (χ0) is 11.1. The largest absolute Gasteiger partial charge is 0.453 e. The Labute approximate surface area is 90.0 Å². The third-order valence-corrected chi connectivity index (χ3v) is 2.00. The van der Waals surface area contributed by atoms with Gasteiger partial charge in [0.1, 0.15) is 0 Å². The fraction of sp³-hybridized carbons (Fsp3) is 0.250. The second kappa shape index (κ2) is 5.86. The predicted octanol–water partition coefficient (Wildman–Crippen LogP) is 2.44. The number of rotatable bonds is 4. The van der Waals surface area contributed by atoms with Crippen molar-refractivity contribution >= 4 is 6.09 Å². The molecule has 0 unspecified atom stereocenters. The number of hydrogen-bond donors (Lipinski definition) is 0.